The Kier molecular flexibility index (Phi) is 15.9. The zero-order valence-corrected chi connectivity index (χ0v) is 20.1. The molecule has 0 aliphatic carbocycles. The van der Waals surface area contributed by atoms with Crippen molar-refractivity contribution in [1.29, 1.82) is 0 Å². The van der Waals surface area contributed by atoms with E-state index in [0.29, 0.717) is 6.73 Å². The molecule has 0 aromatic heterocycles. The van der Waals surface area contributed by atoms with Crippen LogP contribution in [0.1, 0.15) is 78.1 Å². The fraction of sp³-hybridized carbons (Fsp3) is 0.857. The third kappa shape index (κ3) is 17.7. The minimum atomic E-state index is -3.97. The van der Waals surface area contributed by atoms with Crippen molar-refractivity contribution in [3.05, 3.63) is 11.8 Å². The molecule has 1 heterocycles. The van der Waals surface area contributed by atoms with Crippen LogP contribution in [0.5, 0.6) is 0 Å². The van der Waals surface area contributed by atoms with Crippen molar-refractivity contribution in [3.63, 3.8) is 0 Å². The molecule has 0 aromatic carbocycles. The Morgan fingerprint density at radius 1 is 1.07 bits per heavy atom. The van der Waals surface area contributed by atoms with E-state index in [0.717, 1.165) is 23.7 Å². The van der Waals surface area contributed by atoms with E-state index in [9.17, 15) is 13.5 Å². The first-order chi connectivity index (χ1) is 14.1. The molecule has 0 saturated heterocycles. The van der Waals surface area contributed by atoms with E-state index < -0.39 is 16.2 Å². The molecule has 1 N–H and O–H groups in total. The molecular weight excluding hydrogens is 408 g/mol. The van der Waals surface area contributed by atoms with Crippen molar-refractivity contribution in [2.45, 2.75) is 78.1 Å². The molecule has 1 aliphatic heterocycles. The summed E-state index contributed by atoms with van der Waals surface area (Å²) in [7, 11) is 0.210. The predicted molar refractivity (Wildman–Crippen MR) is 118 cm³/mol. The smallest absolute Gasteiger partial charge is 0.427 e. The fourth-order valence-corrected chi connectivity index (χ4v) is 3.55. The van der Waals surface area contributed by atoms with E-state index >= 15 is 0 Å². The van der Waals surface area contributed by atoms with Crippen molar-refractivity contribution >= 4 is 16.2 Å². The summed E-state index contributed by atoms with van der Waals surface area (Å²) in [6.07, 6.45) is 14.6. The van der Waals surface area contributed by atoms with Gasteiger partial charge in [-0.3, -0.25) is 0 Å². The number of rotatable bonds is 15. The summed E-state index contributed by atoms with van der Waals surface area (Å²) >= 11 is 0. The summed E-state index contributed by atoms with van der Waals surface area (Å²) in [4.78, 5) is 0. The summed E-state index contributed by atoms with van der Waals surface area (Å²) in [5.41, 5.74) is 0. The molecule has 0 atom stereocenters. The van der Waals surface area contributed by atoms with E-state index in [4.69, 9.17) is 9.84 Å². The predicted octanol–water partition coefficient (Wildman–Crippen LogP) is 2.87. The molecule has 8 nitrogen and oxygen atoms in total. The topological polar surface area (TPSA) is 108 Å². The molecule has 1 aliphatic rings. The number of ether oxygens (including phenoxy) is 1. The SMILES string of the molecule is CC1=CC([O-])=NS(=O)(=O)O1.CCCCCCCCCCCCOC[N+](C)(C)CCO. The summed E-state index contributed by atoms with van der Waals surface area (Å²) < 4.78 is 34.2. The lowest BCUT2D eigenvalue weighted by Gasteiger charge is -2.28. The van der Waals surface area contributed by atoms with Gasteiger partial charge in [-0.25, -0.2) is 0 Å². The number of likely N-dealkylation sites (N-methyl/N-ethyl adjacent to an activating group) is 1. The van der Waals surface area contributed by atoms with Crippen LogP contribution in [-0.4, -0.2) is 64.5 Å². The standard InChI is InChI=1S/C17H38NO2.C4H5NO4S/c1-4-5-6-7-8-9-10-11-12-13-16-20-17-18(2,3)14-15-19;1-3-2-4(6)5-10(7,8)9-3/h19H,4-17H2,1-3H3;2H,1H3,(H,5,6)/q+1;/p-1. The number of aliphatic hydroxyl groups is 1. The number of nitrogens with zero attached hydrogens (tertiary/aromatic N) is 2. The average Bonchev–Trinajstić information content (AvgIpc) is 2.61. The lowest BCUT2D eigenvalue weighted by molar-refractivity contribution is -0.910. The van der Waals surface area contributed by atoms with Crippen LogP contribution in [0.15, 0.2) is 16.2 Å². The molecule has 0 fully saturated rings. The first kappa shape index (κ1) is 28.8. The number of hydrogen-bond acceptors (Lipinski definition) is 6. The molecule has 0 aromatic rings. The highest BCUT2D eigenvalue weighted by atomic mass is 32.2. The van der Waals surface area contributed by atoms with Gasteiger partial charge in [-0.15, -0.1) is 4.40 Å². The Morgan fingerprint density at radius 2 is 1.60 bits per heavy atom. The molecule has 0 amide bonds. The Hall–Kier alpha value is -1.16. The Morgan fingerprint density at radius 3 is 2.07 bits per heavy atom. The van der Waals surface area contributed by atoms with Gasteiger partial charge < -0.3 is 23.6 Å². The largest absolute Gasteiger partial charge is 0.858 e. The highest BCUT2D eigenvalue weighted by Gasteiger charge is 2.13. The fourth-order valence-electron chi connectivity index (χ4n) is 2.86. The second kappa shape index (κ2) is 16.5. The van der Waals surface area contributed by atoms with Gasteiger partial charge in [-0.2, -0.15) is 8.42 Å². The normalized spacial score (nSPS) is 15.5. The number of unbranched alkanes of at least 4 members (excludes halogenated alkanes) is 9. The van der Waals surface area contributed by atoms with Crippen molar-refractivity contribution in [3.8, 4) is 0 Å². The van der Waals surface area contributed by atoms with Crippen LogP contribution in [0, 0.1) is 0 Å². The first-order valence-electron chi connectivity index (χ1n) is 11.0. The van der Waals surface area contributed by atoms with E-state index in [-0.39, 0.29) is 12.4 Å². The zero-order chi connectivity index (χ0) is 22.9. The maximum atomic E-state index is 10.4. The van der Waals surface area contributed by atoms with Gasteiger partial charge in [0.2, 0.25) is 0 Å². The van der Waals surface area contributed by atoms with Gasteiger partial charge in [0.15, 0.2) is 6.73 Å². The second-order valence-corrected chi connectivity index (χ2v) is 9.50. The highest BCUT2D eigenvalue weighted by Crippen LogP contribution is 2.11. The van der Waals surface area contributed by atoms with Gasteiger partial charge in [0.1, 0.15) is 12.3 Å². The van der Waals surface area contributed by atoms with E-state index in [1.165, 1.54) is 71.1 Å². The minimum absolute atomic E-state index is 0.0417. The molecule has 0 saturated carbocycles. The Labute approximate surface area is 183 Å². The zero-order valence-electron chi connectivity index (χ0n) is 19.3. The van der Waals surface area contributed by atoms with Gasteiger partial charge in [0.25, 0.3) is 0 Å². The molecule has 1 rings (SSSR count). The van der Waals surface area contributed by atoms with Gasteiger partial charge in [-0.05, 0) is 19.4 Å². The lowest BCUT2D eigenvalue weighted by atomic mass is 10.1. The van der Waals surface area contributed by atoms with Crippen molar-refractivity contribution in [1.82, 2.24) is 0 Å². The summed E-state index contributed by atoms with van der Waals surface area (Å²) in [6, 6.07) is 0. The number of allylic oxidation sites excluding steroid dienone is 1. The van der Waals surface area contributed by atoms with Crippen LogP contribution < -0.4 is 5.11 Å². The van der Waals surface area contributed by atoms with Crippen LogP contribution in [-0.2, 0) is 19.2 Å². The number of hydrogen-bond donors (Lipinski definition) is 1. The van der Waals surface area contributed by atoms with Crippen molar-refractivity contribution < 1.29 is 32.0 Å². The van der Waals surface area contributed by atoms with Crippen LogP contribution in [0.4, 0.5) is 0 Å². The number of aliphatic hydroxyl groups excluding tert-OH is 1. The molecule has 0 unspecified atom stereocenters. The van der Waals surface area contributed by atoms with Gasteiger partial charge in [0.05, 0.1) is 27.3 Å². The van der Waals surface area contributed by atoms with E-state index in [1.54, 1.807) is 0 Å². The first-order valence-corrected chi connectivity index (χ1v) is 12.4. The van der Waals surface area contributed by atoms with E-state index in [2.05, 4.69) is 29.6 Å². The molecule has 9 heteroatoms. The third-order valence-corrected chi connectivity index (χ3v) is 5.43. The third-order valence-electron chi connectivity index (χ3n) is 4.55. The average molecular weight is 451 g/mol. The molecule has 178 valence electrons. The monoisotopic (exact) mass is 450 g/mol. The lowest BCUT2D eigenvalue weighted by Crippen LogP contribution is -2.43. The van der Waals surface area contributed by atoms with Crippen molar-refractivity contribution in [2.75, 3.05) is 40.6 Å². The molecule has 0 bridgehead atoms. The van der Waals surface area contributed by atoms with Gasteiger partial charge >= 0.3 is 10.3 Å². The summed E-state index contributed by atoms with van der Waals surface area (Å²) in [5, 5.41) is 19.3. The van der Waals surface area contributed by atoms with Crippen LogP contribution >= 0.6 is 0 Å². The van der Waals surface area contributed by atoms with Gasteiger partial charge in [-0.1, -0.05) is 64.7 Å². The molecule has 0 spiro atoms. The van der Waals surface area contributed by atoms with Crippen molar-refractivity contribution in [2.24, 2.45) is 4.40 Å². The van der Waals surface area contributed by atoms with Gasteiger partial charge in [0, 0.05) is 5.90 Å². The highest BCUT2D eigenvalue weighted by molar-refractivity contribution is 7.85. The molecule has 0 radical (unpaired) electrons. The maximum Gasteiger partial charge on any atom is 0.427 e. The Bertz CT molecular complexity index is 603. The second-order valence-electron chi connectivity index (χ2n) is 8.30. The van der Waals surface area contributed by atoms with Crippen LogP contribution in [0.2, 0.25) is 0 Å². The maximum absolute atomic E-state index is 10.4. The summed E-state index contributed by atoms with van der Waals surface area (Å²) in [6.45, 7) is 6.20. The van der Waals surface area contributed by atoms with Crippen LogP contribution in [0.25, 0.3) is 0 Å². The van der Waals surface area contributed by atoms with Crippen LogP contribution in [0.3, 0.4) is 0 Å². The molecule has 30 heavy (non-hydrogen) atoms. The number of quaternary nitrogens is 1. The summed E-state index contributed by atoms with van der Waals surface area (Å²) in [5.74, 6) is -0.760. The Balaban J connectivity index is 0.000000696. The molecular formula is C21H42N2O6S. The quantitative estimate of drug-likeness (QED) is 0.233. The van der Waals surface area contributed by atoms with E-state index in [1.807, 2.05) is 0 Å². The minimum Gasteiger partial charge on any atom is -0.858 e.